The summed E-state index contributed by atoms with van der Waals surface area (Å²) in [6.45, 7) is 0. The third-order valence-corrected chi connectivity index (χ3v) is 3.04. The highest BCUT2D eigenvalue weighted by Gasteiger charge is 2.32. The Bertz CT molecular complexity index is 242. The molecule has 6 nitrogen and oxygen atoms in total. The molecule has 104 valence electrons. The van der Waals surface area contributed by atoms with Gasteiger partial charge in [0.2, 0.25) is 0 Å². The van der Waals surface area contributed by atoms with E-state index in [4.69, 9.17) is 25.9 Å². The van der Waals surface area contributed by atoms with Crippen LogP contribution in [0.3, 0.4) is 0 Å². The lowest BCUT2D eigenvalue weighted by molar-refractivity contribution is -0.144. The molecule has 0 aromatic rings. The second kappa shape index (κ2) is 9.38. The fourth-order valence-electron chi connectivity index (χ4n) is 1.84. The zero-order valence-electron chi connectivity index (χ0n) is 10.7. The first-order valence-corrected chi connectivity index (χ1v) is 6.41. The summed E-state index contributed by atoms with van der Waals surface area (Å²) in [4.78, 5) is 11.1. The summed E-state index contributed by atoms with van der Waals surface area (Å²) >= 11 is 0. The van der Waals surface area contributed by atoms with Crippen LogP contribution in [-0.2, 0) is 4.79 Å². The van der Waals surface area contributed by atoms with Crippen molar-refractivity contribution < 1.29 is 25.0 Å². The van der Waals surface area contributed by atoms with E-state index in [-0.39, 0.29) is 13.8 Å². The predicted molar refractivity (Wildman–Crippen MR) is 71.4 cm³/mol. The van der Waals surface area contributed by atoms with Crippen molar-refractivity contribution in [2.45, 2.75) is 56.7 Å². The Kier molecular flexibility index (Phi) is 9.09. The van der Waals surface area contributed by atoms with Crippen LogP contribution in [0.15, 0.2) is 0 Å². The number of aliphatic carboxylic acids is 1. The minimum absolute atomic E-state index is 0.110. The van der Waals surface area contributed by atoms with Gasteiger partial charge in [-0.25, -0.2) is 0 Å². The summed E-state index contributed by atoms with van der Waals surface area (Å²) in [6.07, 6.45) is 4.13. The number of carbonyl (C=O) groups is 1. The summed E-state index contributed by atoms with van der Waals surface area (Å²) in [7, 11) is -1.23. The third-order valence-electron chi connectivity index (χ3n) is 3.04. The molecule has 0 aliphatic rings. The highest BCUT2D eigenvalue weighted by Crippen LogP contribution is 2.20. The van der Waals surface area contributed by atoms with Gasteiger partial charge >= 0.3 is 13.1 Å². The Labute approximate surface area is 109 Å². The maximum Gasteiger partial charge on any atom is 0.451 e. The monoisotopic (exact) mass is 259 g/mol. The number of carboxylic acids is 1. The molecule has 0 heterocycles. The highest BCUT2D eigenvalue weighted by atomic mass is 16.4. The van der Waals surface area contributed by atoms with Crippen LogP contribution in [0.1, 0.15) is 38.5 Å². The smallest absolute Gasteiger partial charge is 0.451 e. The molecule has 0 spiro atoms. The van der Waals surface area contributed by atoms with Crippen molar-refractivity contribution in [3.8, 4) is 0 Å². The zero-order valence-corrected chi connectivity index (χ0v) is 10.7. The first-order valence-electron chi connectivity index (χ1n) is 6.41. The van der Waals surface area contributed by atoms with E-state index in [9.17, 15) is 4.79 Å². The van der Waals surface area contributed by atoms with Gasteiger partial charge in [-0.3, -0.25) is 4.79 Å². The van der Waals surface area contributed by atoms with E-state index in [1.165, 1.54) is 0 Å². The fourth-order valence-corrected chi connectivity index (χ4v) is 1.84. The van der Waals surface area contributed by atoms with Crippen molar-refractivity contribution in [2.75, 3.05) is 0 Å². The maximum atomic E-state index is 11.1. The van der Waals surface area contributed by atoms with Crippen LogP contribution in [0, 0.1) is 0 Å². The largest absolute Gasteiger partial charge is 0.480 e. The van der Waals surface area contributed by atoms with Crippen molar-refractivity contribution >= 4 is 20.6 Å². The fraction of sp³-hybridized carbons (Fsp3) is 0.900. The summed E-state index contributed by atoms with van der Waals surface area (Å²) in [5.74, 6) is -1.02. The number of hydrogen-bond acceptors (Lipinski definition) is 5. The van der Waals surface area contributed by atoms with Crippen molar-refractivity contribution in [1.82, 2.24) is 0 Å². The van der Waals surface area contributed by atoms with Gasteiger partial charge in [0.1, 0.15) is 5.54 Å². The average molecular weight is 259 g/mol. The van der Waals surface area contributed by atoms with Crippen LogP contribution in [-0.4, -0.2) is 46.3 Å². The molecule has 0 fully saturated rings. The van der Waals surface area contributed by atoms with Crippen LogP contribution in [0.2, 0.25) is 12.6 Å². The lowest BCUT2D eigenvalue weighted by atomic mass is 9.80. The van der Waals surface area contributed by atoms with E-state index in [0.717, 1.165) is 6.42 Å². The van der Waals surface area contributed by atoms with E-state index < -0.39 is 18.6 Å². The zero-order chi connectivity index (χ0) is 14.0. The van der Waals surface area contributed by atoms with Crippen molar-refractivity contribution in [1.29, 1.82) is 0 Å². The van der Waals surface area contributed by atoms with Gasteiger partial charge in [-0.1, -0.05) is 32.0 Å². The van der Waals surface area contributed by atoms with Gasteiger partial charge in [0.15, 0.2) is 0 Å². The molecule has 1 unspecified atom stereocenters. The quantitative estimate of drug-likeness (QED) is 0.248. The molecule has 0 aliphatic heterocycles. The molecular weight excluding hydrogens is 236 g/mol. The van der Waals surface area contributed by atoms with Crippen molar-refractivity contribution in [3.05, 3.63) is 0 Å². The standard InChI is InChI=1S/C10H23B2NO5/c13-10(9(14)15,5-1-3-7-11-16)6-2-4-8-12(17)18/h11,16-18H,1-8,13H2,(H,14,15). The molecule has 0 bridgehead atoms. The van der Waals surface area contributed by atoms with Gasteiger partial charge in [-0.05, 0) is 19.2 Å². The van der Waals surface area contributed by atoms with Gasteiger partial charge in [0, 0.05) is 0 Å². The first-order chi connectivity index (χ1) is 8.42. The normalized spacial score (nSPS) is 14.0. The third kappa shape index (κ3) is 7.71. The van der Waals surface area contributed by atoms with Crippen LogP contribution in [0.4, 0.5) is 0 Å². The van der Waals surface area contributed by atoms with E-state index >= 15 is 0 Å². The number of unbranched alkanes of at least 4 members (excludes halogenated alkanes) is 2. The molecule has 6 N–H and O–H groups in total. The number of carboxylic acid groups (broad SMARTS) is 1. The van der Waals surface area contributed by atoms with Gasteiger partial charge < -0.3 is 25.9 Å². The number of hydrogen-bond donors (Lipinski definition) is 5. The van der Waals surface area contributed by atoms with E-state index in [0.29, 0.717) is 38.4 Å². The Morgan fingerprint density at radius 1 is 1.17 bits per heavy atom. The minimum atomic E-state index is -1.34. The Morgan fingerprint density at radius 2 is 1.72 bits per heavy atom. The topological polar surface area (TPSA) is 124 Å². The Hall–Kier alpha value is -0.560. The Morgan fingerprint density at radius 3 is 2.17 bits per heavy atom. The summed E-state index contributed by atoms with van der Waals surface area (Å²) in [6, 6.07) is 0. The number of nitrogens with two attached hydrogens (primary N) is 1. The molecule has 0 radical (unpaired) electrons. The molecule has 1 atom stereocenters. The lowest BCUT2D eigenvalue weighted by Crippen LogP contribution is -2.47. The molecule has 18 heavy (non-hydrogen) atoms. The Balaban J connectivity index is 3.98. The van der Waals surface area contributed by atoms with Crippen LogP contribution >= 0.6 is 0 Å². The molecule has 0 amide bonds. The molecule has 8 heteroatoms. The van der Waals surface area contributed by atoms with Gasteiger partial charge in [0.05, 0.1) is 0 Å². The van der Waals surface area contributed by atoms with Crippen LogP contribution in [0.25, 0.3) is 0 Å². The van der Waals surface area contributed by atoms with E-state index in [2.05, 4.69) is 0 Å². The molecule has 0 aromatic carbocycles. The minimum Gasteiger partial charge on any atom is -0.480 e. The molecule has 0 saturated heterocycles. The maximum absolute atomic E-state index is 11.1. The second-order valence-electron chi connectivity index (χ2n) is 4.72. The number of rotatable bonds is 11. The first kappa shape index (κ1) is 17.4. The van der Waals surface area contributed by atoms with E-state index in [1.807, 2.05) is 0 Å². The van der Waals surface area contributed by atoms with Gasteiger partial charge in [-0.2, -0.15) is 0 Å². The average Bonchev–Trinajstić information content (AvgIpc) is 2.30. The van der Waals surface area contributed by atoms with Crippen molar-refractivity contribution in [2.24, 2.45) is 5.73 Å². The van der Waals surface area contributed by atoms with Gasteiger partial charge in [-0.15, -0.1) is 0 Å². The van der Waals surface area contributed by atoms with Gasteiger partial charge in [0.25, 0.3) is 7.48 Å². The second-order valence-corrected chi connectivity index (χ2v) is 4.72. The van der Waals surface area contributed by atoms with Crippen LogP contribution in [0.5, 0.6) is 0 Å². The molecular formula is C10H23B2NO5. The molecule has 0 rings (SSSR count). The lowest BCUT2D eigenvalue weighted by Gasteiger charge is -2.24. The SMILES string of the molecule is NC(CCCCBO)(CCCCB(O)O)C(=O)O. The van der Waals surface area contributed by atoms with Crippen molar-refractivity contribution in [3.63, 3.8) is 0 Å². The highest BCUT2D eigenvalue weighted by molar-refractivity contribution is 6.40. The predicted octanol–water partition coefficient (Wildman–Crippen LogP) is -0.656. The summed E-state index contributed by atoms with van der Waals surface area (Å²) in [5.41, 5.74) is 4.61. The molecule has 0 aliphatic carbocycles. The summed E-state index contributed by atoms with van der Waals surface area (Å²) in [5, 5.41) is 35.1. The molecule has 0 aromatic heterocycles. The van der Waals surface area contributed by atoms with E-state index in [1.54, 1.807) is 0 Å². The van der Waals surface area contributed by atoms with Crippen LogP contribution < -0.4 is 5.73 Å². The summed E-state index contributed by atoms with van der Waals surface area (Å²) < 4.78 is 0. The molecule has 0 saturated carbocycles.